The third-order valence-electron chi connectivity index (χ3n) is 3.92. The minimum absolute atomic E-state index is 0.0924. The summed E-state index contributed by atoms with van der Waals surface area (Å²) >= 11 is 7.32. The van der Waals surface area contributed by atoms with E-state index in [1.54, 1.807) is 4.52 Å². The van der Waals surface area contributed by atoms with E-state index in [0.717, 1.165) is 36.5 Å². The molecule has 1 amide bonds. The van der Waals surface area contributed by atoms with Crippen molar-refractivity contribution < 1.29 is 4.79 Å². The molecule has 3 aromatic rings. The number of halogens is 1. The minimum Gasteiger partial charge on any atom is -0.336 e. The number of hydrogen-bond donors (Lipinski definition) is 0. The predicted molar refractivity (Wildman–Crippen MR) is 88.9 cm³/mol. The van der Waals surface area contributed by atoms with Crippen molar-refractivity contribution in [2.24, 2.45) is 0 Å². The van der Waals surface area contributed by atoms with Crippen LogP contribution in [0.2, 0.25) is 5.02 Å². The van der Waals surface area contributed by atoms with Crippen LogP contribution in [-0.2, 0) is 0 Å². The van der Waals surface area contributed by atoms with Crippen LogP contribution in [0.25, 0.3) is 15.5 Å². The van der Waals surface area contributed by atoms with Gasteiger partial charge in [0, 0.05) is 23.7 Å². The molecule has 1 aliphatic heterocycles. The zero-order valence-electron chi connectivity index (χ0n) is 12.3. The third kappa shape index (κ3) is 2.70. The largest absolute Gasteiger partial charge is 0.336 e. The first-order valence-corrected chi connectivity index (χ1v) is 8.69. The van der Waals surface area contributed by atoms with Gasteiger partial charge in [-0.25, -0.2) is 0 Å². The van der Waals surface area contributed by atoms with Crippen LogP contribution in [0.4, 0.5) is 0 Å². The van der Waals surface area contributed by atoms with E-state index in [0.29, 0.717) is 15.8 Å². The standard InChI is InChI=1S/C15H14ClN5OS/c16-11-6-4-10(5-7-11)13-19-21-12(17-18-15(21)23-13)14(22)20-8-2-1-3-9-20/h4-7H,1-3,8-9H2. The molecule has 0 unspecified atom stereocenters. The fraction of sp³-hybridized carbons (Fsp3) is 0.333. The van der Waals surface area contributed by atoms with Crippen molar-refractivity contribution in [3.63, 3.8) is 0 Å². The van der Waals surface area contributed by atoms with Gasteiger partial charge < -0.3 is 4.90 Å². The Morgan fingerprint density at radius 1 is 1.09 bits per heavy atom. The number of hydrogen-bond acceptors (Lipinski definition) is 5. The van der Waals surface area contributed by atoms with E-state index in [4.69, 9.17) is 11.6 Å². The van der Waals surface area contributed by atoms with E-state index in [1.165, 1.54) is 17.8 Å². The lowest BCUT2D eigenvalue weighted by Gasteiger charge is -2.25. The van der Waals surface area contributed by atoms with Crippen LogP contribution in [-0.4, -0.2) is 43.7 Å². The molecule has 2 aromatic heterocycles. The summed E-state index contributed by atoms with van der Waals surface area (Å²) < 4.78 is 1.55. The lowest BCUT2D eigenvalue weighted by molar-refractivity contribution is 0.0709. The molecule has 0 saturated carbocycles. The molecular formula is C15H14ClN5OS. The van der Waals surface area contributed by atoms with E-state index in [2.05, 4.69) is 15.3 Å². The van der Waals surface area contributed by atoms with Crippen molar-refractivity contribution in [3.8, 4) is 10.6 Å². The first-order chi connectivity index (χ1) is 11.2. The monoisotopic (exact) mass is 347 g/mol. The molecule has 1 saturated heterocycles. The average Bonchev–Trinajstić information content (AvgIpc) is 3.16. The number of amides is 1. The maximum atomic E-state index is 12.6. The lowest BCUT2D eigenvalue weighted by Crippen LogP contribution is -2.36. The fourth-order valence-corrected chi connectivity index (χ4v) is 3.67. The van der Waals surface area contributed by atoms with Gasteiger partial charge in [-0.1, -0.05) is 35.1 Å². The van der Waals surface area contributed by atoms with Gasteiger partial charge in [-0.3, -0.25) is 4.79 Å². The van der Waals surface area contributed by atoms with Crippen LogP contribution >= 0.6 is 22.9 Å². The second-order valence-electron chi connectivity index (χ2n) is 5.48. The molecule has 23 heavy (non-hydrogen) atoms. The molecule has 1 aliphatic rings. The smallest absolute Gasteiger partial charge is 0.293 e. The zero-order valence-corrected chi connectivity index (χ0v) is 13.8. The van der Waals surface area contributed by atoms with Crippen LogP contribution in [0.3, 0.4) is 0 Å². The average molecular weight is 348 g/mol. The quantitative estimate of drug-likeness (QED) is 0.714. The van der Waals surface area contributed by atoms with E-state index < -0.39 is 0 Å². The van der Waals surface area contributed by atoms with Crippen LogP contribution in [0.5, 0.6) is 0 Å². The van der Waals surface area contributed by atoms with Crippen molar-refractivity contribution in [2.45, 2.75) is 19.3 Å². The van der Waals surface area contributed by atoms with Crippen molar-refractivity contribution in [1.29, 1.82) is 0 Å². The Morgan fingerprint density at radius 3 is 2.57 bits per heavy atom. The van der Waals surface area contributed by atoms with Gasteiger partial charge in [0.2, 0.25) is 10.8 Å². The molecule has 118 valence electrons. The second-order valence-corrected chi connectivity index (χ2v) is 6.88. The molecule has 1 fully saturated rings. The fourth-order valence-electron chi connectivity index (χ4n) is 2.70. The van der Waals surface area contributed by atoms with Crippen LogP contribution in [0.15, 0.2) is 24.3 Å². The maximum Gasteiger partial charge on any atom is 0.293 e. The summed E-state index contributed by atoms with van der Waals surface area (Å²) in [7, 11) is 0. The van der Waals surface area contributed by atoms with Gasteiger partial charge in [-0.05, 0) is 31.4 Å². The van der Waals surface area contributed by atoms with E-state index in [1.807, 2.05) is 29.2 Å². The van der Waals surface area contributed by atoms with E-state index >= 15 is 0 Å². The molecule has 0 radical (unpaired) electrons. The summed E-state index contributed by atoms with van der Waals surface area (Å²) in [5, 5.41) is 14.1. The molecular weight excluding hydrogens is 334 g/mol. The highest BCUT2D eigenvalue weighted by Gasteiger charge is 2.24. The zero-order chi connectivity index (χ0) is 15.8. The van der Waals surface area contributed by atoms with Gasteiger partial charge in [0.1, 0.15) is 5.01 Å². The summed E-state index contributed by atoms with van der Waals surface area (Å²) in [6.45, 7) is 1.56. The number of fused-ring (bicyclic) bond motifs is 1. The minimum atomic E-state index is -0.0924. The number of rotatable bonds is 2. The Kier molecular flexibility index (Phi) is 3.74. The number of nitrogens with zero attached hydrogens (tertiary/aromatic N) is 5. The number of carbonyl (C=O) groups is 1. The van der Waals surface area contributed by atoms with Crippen molar-refractivity contribution in [1.82, 2.24) is 24.7 Å². The number of likely N-dealkylation sites (tertiary alicyclic amines) is 1. The van der Waals surface area contributed by atoms with Gasteiger partial charge in [-0.2, -0.15) is 9.61 Å². The van der Waals surface area contributed by atoms with E-state index in [9.17, 15) is 4.79 Å². The van der Waals surface area contributed by atoms with Crippen molar-refractivity contribution >= 4 is 33.8 Å². The summed E-state index contributed by atoms with van der Waals surface area (Å²) in [4.78, 5) is 15.1. The highest BCUT2D eigenvalue weighted by atomic mass is 35.5. The Labute approximate surface area is 141 Å². The van der Waals surface area contributed by atoms with Crippen LogP contribution < -0.4 is 0 Å². The Bertz CT molecular complexity index is 851. The molecule has 4 rings (SSSR count). The normalized spacial score (nSPS) is 15.3. The molecule has 0 spiro atoms. The number of piperidine rings is 1. The van der Waals surface area contributed by atoms with Crippen LogP contribution in [0, 0.1) is 0 Å². The molecule has 0 N–H and O–H groups in total. The molecule has 0 atom stereocenters. The Morgan fingerprint density at radius 2 is 1.83 bits per heavy atom. The lowest BCUT2D eigenvalue weighted by atomic mass is 10.1. The maximum absolute atomic E-state index is 12.6. The molecule has 1 aromatic carbocycles. The van der Waals surface area contributed by atoms with Gasteiger partial charge in [0.05, 0.1) is 0 Å². The summed E-state index contributed by atoms with van der Waals surface area (Å²) in [6, 6.07) is 7.44. The molecule has 0 bridgehead atoms. The number of carbonyl (C=O) groups excluding carboxylic acids is 1. The number of aromatic nitrogens is 4. The molecule has 3 heterocycles. The Balaban J connectivity index is 1.69. The van der Waals surface area contributed by atoms with Crippen LogP contribution in [0.1, 0.15) is 29.9 Å². The third-order valence-corrected chi connectivity index (χ3v) is 5.12. The summed E-state index contributed by atoms with van der Waals surface area (Å²) in [5.74, 6) is 0.198. The summed E-state index contributed by atoms with van der Waals surface area (Å²) in [6.07, 6.45) is 3.26. The first kappa shape index (κ1) is 14.6. The second kappa shape index (κ2) is 5.90. The summed E-state index contributed by atoms with van der Waals surface area (Å²) in [5.41, 5.74) is 0.946. The molecule has 6 nitrogen and oxygen atoms in total. The van der Waals surface area contributed by atoms with Crippen molar-refractivity contribution in [3.05, 3.63) is 35.1 Å². The van der Waals surface area contributed by atoms with E-state index in [-0.39, 0.29) is 5.91 Å². The van der Waals surface area contributed by atoms with Gasteiger partial charge >= 0.3 is 0 Å². The van der Waals surface area contributed by atoms with Gasteiger partial charge in [0.15, 0.2) is 0 Å². The Hall–Kier alpha value is -1.99. The number of benzene rings is 1. The topological polar surface area (TPSA) is 63.4 Å². The van der Waals surface area contributed by atoms with Crippen molar-refractivity contribution in [2.75, 3.05) is 13.1 Å². The highest BCUT2D eigenvalue weighted by molar-refractivity contribution is 7.19. The van der Waals surface area contributed by atoms with Gasteiger partial charge in [-0.15, -0.1) is 10.2 Å². The first-order valence-electron chi connectivity index (χ1n) is 7.50. The van der Waals surface area contributed by atoms with Gasteiger partial charge in [0.25, 0.3) is 5.91 Å². The molecule has 8 heteroatoms. The SMILES string of the molecule is O=C(c1nnc2sc(-c3ccc(Cl)cc3)nn12)N1CCCCC1. The highest BCUT2D eigenvalue weighted by Crippen LogP contribution is 2.27. The molecule has 0 aliphatic carbocycles. The predicted octanol–water partition coefficient (Wildman–Crippen LogP) is 3.13.